The van der Waals surface area contributed by atoms with Crippen molar-refractivity contribution in [3.63, 3.8) is 0 Å². The maximum Gasteiger partial charge on any atom is 0.284 e. The fourth-order valence-corrected chi connectivity index (χ4v) is 1.98. The Bertz CT molecular complexity index is 723. The van der Waals surface area contributed by atoms with Gasteiger partial charge in [-0.15, -0.1) is 0 Å². The van der Waals surface area contributed by atoms with Crippen LogP contribution in [0.2, 0.25) is 0 Å². The minimum atomic E-state index is -0.334. The van der Waals surface area contributed by atoms with Crippen molar-refractivity contribution in [2.24, 2.45) is 0 Å². The number of benzene rings is 1. The van der Waals surface area contributed by atoms with E-state index in [-0.39, 0.29) is 11.1 Å². The zero-order valence-corrected chi connectivity index (χ0v) is 11.3. The third-order valence-corrected chi connectivity index (χ3v) is 3.06. The molecule has 96 valence electrons. The fourth-order valence-electron chi connectivity index (χ4n) is 1.98. The van der Waals surface area contributed by atoms with E-state index in [0.29, 0.717) is 12.2 Å². The van der Waals surface area contributed by atoms with Crippen molar-refractivity contribution >= 4 is 0 Å². The first-order valence-corrected chi connectivity index (χ1v) is 6.16. The van der Waals surface area contributed by atoms with E-state index in [9.17, 15) is 4.79 Å². The SMILES string of the molecule is CCn1nc(-c2cc(C)ccc2C)cc(C#N)c1=O. The zero-order chi connectivity index (χ0) is 14.0. The molecule has 1 aromatic carbocycles. The monoisotopic (exact) mass is 253 g/mol. The quantitative estimate of drug-likeness (QED) is 0.825. The van der Waals surface area contributed by atoms with Crippen LogP contribution in [0, 0.1) is 25.2 Å². The molecule has 0 radical (unpaired) electrons. The van der Waals surface area contributed by atoms with Crippen LogP contribution in [-0.4, -0.2) is 9.78 Å². The summed E-state index contributed by atoms with van der Waals surface area (Å²) in [5.74, 6) is 0. The molecule has 0 bridgehead atoms. The van der Waals surface area contributed by atoms with Gasteiger partial charge in [-0.1, -0.05) is 17.7 Å². The molecule has 4 nitrogen and oxygen atoms in total. The van der Waals surface area contributed by atoms with Gasteiger partial charge in [0, 0.05) is 12.1 Å². The van der Waals surface area contributed by atoms with E-state index in [1.165, 1.54) is 4.68 Å². The second kappa shape index (κ2) is 5.07. The molecule has 1 aromatic heterocycles. The zero-order valence-electron chi connectivity index (χ0n) is 11.3. The molecule has 0 saturated heterocycles. The lowest BCUT2D eigenvalue weighted by molar-refractivity contribution is 0.617. The summed E-state index contributed by atoms with van der Waals surface area (Å²) < 4.78 is 1.33. The van der Waals surface area contributed by atoms with Gasteiger partial charge in [-0.2, -0.15) is 10.4 Å². The molecule has 0 aliphatic carbocycles. The van der Waals surface area contributed by atoms with E-state index in [2.05, 4.69) is 5.10 Å². The van der Waals surface area contributed by atoms with Gasteiger partial charge in [-0.3, -0.25) is 4.79 Å². The topological polar surface area (TPSA) is 58.7 Å². The average Bonchev–Trinajstić information content (AvgIpc) is 2.42. The van der Waals surface area contributed by atoms with E-state index in [4.69, 9.17) is 5.26 Å². The van der Waals surface area contributed by atoms with E-state index >= 15 is 0 Å². The van der Waals surface area contributed by atoms with Crippen molar-refractivity contribution in [2.45, 2.75) is 27.3 Å². The molecule has 19 heavy (non-hydrogen) atoms. The van der Waals surface area contributed by atoms with E-state index in [0.717, 1.165) is 16.7 Å². The highest BCUT2D eigenvalue weighted by Gasteiger charge is 2.10. The summed E-state index contributed by atoms with van der Waals surface area (Å²) in [6.45, 7) is 6.28. The van der Waals surface area contributed by atoms with Crippen molar-refractivity contribution < 1.29 is 0 Å². The number of nitriles is 1. The van der Waals surface area contributed by atoms with Crippen molar-refractivity contribution in [1.82, 2.24) is 9.78 Å². The van der Waals surface area contributed by atoms with Crippen molar-refractivity contribution in [1.29, 1.82) is 5.26 Å². The third kappa shape index (κ3) is 2.41. The fraction of sp³-hybridized carbons (Fsp3) is 0.267. The first-order valence-electron chi connectivity index (χ1n) is 6.16. The molecule has 2 aromatic rings. The smallest absolute Gasteiger partial charge is 0.266 e. The molecule has 1 heterocycles. The Balaban J connectivity index is 2.73. The highest BCUT2D eigenvalue weighted by molar-refractivity contribution is 5.65. The molecule has 0 N–H and O–H groups in total. The van der Waals surface area contributed by atoms with Crippen LogP contribution in [0.15, 0.2) is 29.1 Å². The third-order valence-electron chi connectivity index (χ3n) is 3.06. The number of aromatic nitrogens is 2. The molecule has 0 fully saturated rings. The van der Waals surface area contributed by atoms with Gasteiger partial charge in [-0.05, 0) is 38.5 Å². The Morgan fingerprint density at radius 2 is 2.05 bits per heavy atom. The van der Waals surface area contributed by atoms with E-state index < -0.39 is 0 Å². The minimum absolute atomic E-state index is 0.132. The lowest BCUT2D eigenvalue weighted by atomic mass is 10.0. The maximum atomic E-state index is 11.8. The second-order valence-corrected chi connectivity index (χ2v) is 4.49. The Kier molecular flexibility index (Phi) is 3.48. The summed E-state index contributed by atoms with van der Waals surface area (Å²) in [7, 11) is 0. The lowest BCUT2D eigenvalue weighted by Gasteiger charge is -2.09. The molecule has 2 rings (SSSR count). The summed E-state index contributed by atoms with van der Waals surface area (Å²) in [6.07, 6.45) is 0. The van der Waals surface area contributed by atoms with Crippen LogP contribution in [0.3, 0.4) is 0 Å². The summed E-state index contributed by atoms with van der Waals surface area (Å²) in [5.41, 5.74) is 3.61. The molecule has 0 unspecified atom stereocenters. The molecule has 4 heteroatoms. The van der Waals surface area contributed by atoms with Gasteiger partial charge >= 0.3 is 0 Å². The number of hydrogen-bond donors (Lipinski definition) is 0. The van der Waals surface area contributed by atoms with Crippen LogP contribution in [0.5, 0.6) is 0 Å². The molecule has 0 aliphatic heterocycles. The van der Waals surface area contributed by atoms with Gasteiger partial charge in [-0.25, -0.2) is 4.68 Å². The van der Waals surface area contributed by atoms with Gasteiger partial charge in [0.25, 0.3) is 5.56 Å². The van der Waals surface area contributed by atoms with Gasteiger partial charge in [0.2, 0.25) is 0 Å². The molecule has 0 saturated carbocycles. The number of hydrogen-bond acceptors (Lipinski definition) is 3. The summed E-state index contributed by atoms with van der Waals surface area (Å²) in [6, 6.07) is 9.57. The highest BCUT2D eigenvalue weighted by Crippen LogP contribution is 2.22. The van der Waals surface area contributed by atoms with E-state index in [1.54, 1.807) is 6.07 Å². The minimum Gasteiger partial charge on any atom is -0.266 e. The first-order chi connectivity index (χ1) is 9.06. The normalized spacial score (nSPS) is 10.2. The maximum absolute atomic E-state index is 11.8. The van der Waals surface area contributed by atoms with Crippen molar-refractivity contribution in [3.05, 3.63) is 51.3 Å². The largest absolute Gasteiger partial charge is 0.284 e. The van der Waals surface area contributed by atoms with Crippen LogP contribution in [-0.2, 0) is 6.54 Å². The van der Waals surface area contributed by atoms with Gasteiger partial charge in [0.05, 0.1) is 5.69 Å². The average molecular weight is 253 g/mol. The Morgan fingerprint density at radius 1 is 1.32 bits per heavy atom. The number of aryl methyl sites for hydroxylation is 3. The highest BCUT2D eigenvalue weighted by atomic mass is 16.1. The molecule has 0 atom stereocenters. The van der Waals surface area contributed by atoms with Crippen LogP contribution in [0.4, 0.5) is 0 Å². The van der Waals surface area contributed by atoms with Gasteiger partial charge in [0.15, 0.2) is 0 Å². The molecular formula is C15H15N3O. The Hall–Kier alpha value is -2.41. The van der Waals surface area contributed by atoms with Crippen LogP contribution >= 0.6 is 0 Å². The Morgan fingerprint density at radius 3 is 2.68 bits per heavy atom. The molecule has 0 amide bonds. The van der Waals surface area contributed by atoms with Crippen molar-refractivity contribution in [3.8, 4) is 17.3 Å². The number of nitrogens with zero attached hydrogens (tertiary/aromatic N) is 3. The Labute approximate surface area is 111 Å². The lowest BCUT2D eigenvalue weighted by Crippen LogP contribution is -2.24. The summed E-state index contributed by atoms with van der Waals surface area (Å²) in [4.78, 5) is 11.8. The van der Waals surface area contributed by atoms with Crippen molar-refractivity contribution in [2.75, 3.05) is 0 Å². The van der Waals surface area contributed by atoms with Crippen LogP contribution in [0.1, 0.15) is 23.6 Å². The first kappa shape index (κ1) is 13.0. The molecule has 0 spiro atoms. The van der Waals surface area contributed by atoms with Gasteiger partial charge < -0.3 is 0 Å². The number of rotatable bonds is 2. The second-order valence-electron chi connectivity index (χ2n) is 4.49. The predicted octanol–water partition coefficient (Wildman–Crippen LogP) is 2.42. The van der Waals surface area contributed by atoms with Gasteiger partial charge in [0.1, 0.15) is 11.6 Å². The van der Waals surface area contributed by atoms with E-state index in [1.807, 2.05) is 45.0 Å². The summed E-state index contributed by atoms with van der Waals surface area (Å²) >= 11 is 0. The van der Waals surface area contributed by atoms with Crippen LogP contribution < -0.4 is 5.56 Å². The predicted molar refractivity (Wildman–Crippen MR) is 73.8 cm³/mol. The molecule has 0 aliphatic rings. The summed E-state index contributed by atoms with van der Waals surface area (Å²) in [5, 5.41) is 13.4. The van der Waals surface area contributed by atoms with Crippen LogP contribution in [0.25, 0.3) is 11.3 Å². The standard InChI is InChI=1S/C15H15N3O/c1-4-18-15(19)12(9-16)8-14(17-18)13-7-10(2)5-6-11(13)3/h5-8H,4H2,1-3H3. The molecular weight excluding hydrogens is 238 g/mol.